The summed E-state index contributed by atoms with van der Waals surface area (Å²) in [6.07, 6.45) is 2.43. The second kappa shape index (κ2) is 16.3. The van der Waals surface area contributed by atoms with Crippen molar-refractivity contribution in [2.45, 2.75) is 105 Å². The summed E-state index contributed by atoms with van der Waals surface area (Å²) in [4.78, 5) is 54.6. The van der Waals surface area contributed by atoms with Gasteiger partial charge in [-0.25, -0.2) is 4.79 Å². The number of halogens is 1. The Bertz CT molecular complexity index is 1270. The number of anilines is 1. The van der Waals surface area contributed by atoms with Crippen LogP contribution in [0.15, 0.2) is 36.4 Å². The number of primary amides is 1. The van der Waals surface area contributed by atoms with E-state index in [-0.39, 0.29) is 19.4 Å². The fourth-order valence-electron chi connectivity index (χ4n) is 4.66. The van der Waals surface area contributed by atoms with Crippen molar-refractivity contribution in [1.29, 1.82) is 0 Å². The van der Waals surface area contributed by atoms with Gasteiger partial charge in [0, 0.05) is 13.0 Å². The molecule has 0 aliphatic carbocycles. The van der Waals surface area contributed by atoms with Crippen LogP contribution in [0.5, 0.6) is 0 Å². The standard InChI is InChI=1S/C33H47ClN4O5/c1-8-9-10-11-19-38(31(41)26(17-18-27(35)39)36-32(42)43-33(5,6)7)29(24-16-15-21(2)23(4)20-24)30(40)37-28-22(3)13-12-14-25(28)34/h12-16,20,26,29H,8-11,17-19H2,1-7H3,(H2,35,39)(H,36,42)(H,37,40). The number of rotatable bonds is 14. The van der Waals surface area contributed by atoms with Gasteiger partial charge in [-0.2, -0.15) is 0 Å². The van der Waals surface area contributed by atoms with Gasteiger partial charge in [0.1, 0.15) is 17.7 Å². The van der Waals surface area contributed by atoms with E-state index in [1.807, 2.05) is 45.0 Å². The number of para-hydroxylation sites is 1. The smallest absolute Gasteiger partial charge is 0.408 e. The Morgan fingerprint density at radius 2 is 1.67 bits per heavy atom. The highest BCUT2D eigenvalue weighted by Crippen LogP contribution is 2.30. The highest BCUT2D eigenvalue weighted by molar-refractivity contribution is 6.34. The van der Waals surface area contributed by atoms with Crippen molar-refractivity contribution >= 4 is 41.1 Å². The number of amides is 4. The van der Waals surface area contributed by atoms with E-state index in [0.717, 1.165) is 36.0 Å². The van der Waals surface area contributed by atoms with Gasteiger partial charge in [-0.15, -0.1) is 0 Å². The summed E-state index contributed by atoms with van der Waals surface area (Å²) >= 11 is 6.46. The average molecular weight is 615 g/mol. The van der Waals surface area contributed by atoms with Crippen LogP contribution in [-0.4, -0.2) is 46.9 Å². The molecule has 0 aromatic heterocycles. The van der Waals surface area contributed by atoms with Crippen molar-refractivity contribution in [1.82, 2.24) is 10.2 Å². The molecule has 43 heavy (non-hydrogen) atoms. The van der Waals surface area contributed by atoms with E-state index in [1.54, 1.807) is 32.9 Å². The second-order valence-corrected chi connectivity index (χ2v) is 12.4. The monoisotopic (exact) mass is 614 g/mol. The lowest BCUT2D eigenvalue weighted by molar-refractivity contribution is -0.141. The molecule has 2 aromatic rings. The number of nitrogens with zero attached hydrogens (tertiary/aromatic N) is 1. The van der Waals surface area contributed by atoms with Crippen LogP contribution in [0, 0.1) is 20.8 Å². The molecule has 4 N–H and O–H groups in total. The number of nitrogens with one attached hydrogen (secondary N) is 2. The minimum atomic E-state index is -1.16. The Morgan fingerprint density at radius 3 is 2.26 bits per heavy atom. The number of carbonyl (C=O) groups is 4. The topological polar surface area (TPSA) is 131 Å². The average Bonchev–Trinajstić information content (AvgIpc) is 2.90. The lowest BCUT2D eigenvalue weighted by Crippen LogP contribution is -2.53. The lowest BCUT2D eigenvalue weighted by Gasteiger charge is -2.35. The van der Waals surface area contributed by atoms with E-state index >= 15 is 0 Å². The molecule has 0 heterocycles. The van der Waals surface area contributed by atoms with E-state index in [2.05, 4.69) is 17.6 Å². The number of unbranched alkanes of at least 4 members (excludes halogenated alkanes) is 3. The first kappa shape index (κ1) is 35.6. The van der Waals surface area contributed by atoms with Crippen LogP contribution >= 0.6 is 11.6 Å². The molecule has 0 fully saturated rings. The SMILES string of the molecule is CCCCCCN(C(=O)C(CCC(N)=O)NC(=O)OC(C)(C)C)C(C(=O)Nc1c(C)cccc1Cl)c1ccc(C)c(C)c1. The van der Waals surface area contributed by atoms with Gasteiger partial charge < -0.3 is 26.0 Å². The van der Waals surface area contributed by atoms with E-state index in [1.165, 1.54) is 4.90 Å². The summed E-state index contributed by atoms with van der Waals surface area (Å²) in [7, 11) is 0. The molecule has 10 heteroatoms. The highest BCUT2D eigenvalue weighted by atomic mass is 35.5. The van der Waals surface area contributed by atoms with Crippen LogP contribution in [0.3, 0.4) is 0 Å². The van der Waals surface area contributed by atoms with Gasteiger partial charge in [0.05, 0.1) is 10.7 Å². The van der Waals surface area contributed by atoms with Gasteiger partial charge in [0.25, 0.3) is 5.91 Å². The third-order valence-electron chi connectivity index (χ3n) is 7.08. The molecule has 236 valence electrons. The molecule has 2 aromatic carbocycles. The first-order valence-electron chi connectivity index (χ1n) is 14.9. The zero-order valence-corrected chi connectivity index (χ0v) is 27.3. The summed E-state index contributed by atoms with van der Waals surface area (Å²) in [5.74, 6) is -1.58. The quantitative estimate of drug-likeness (QED) is 0.209. The molecule has 0 bridgehead atoms. The third kappa shape index (κ3) is 11.2. The molecular formula is C33H47ClN4O5. The van der Waals surface area contributed by atoms with Crippen molar-refractivity contribution in [3.05, 3.63) is 63.7 Å². The van der Waals surface area contributed by atoms with Crippen molar-refractivity contribution in [3.63, 3.8) is 0 Å². The Labute approximate surface area is 260 Å². The number of hydrogen-bond acceptors (Lipinski definition) is 5. The Morgan fingerprint density at radius 1 is 0.977 bits per heavy atom. The van der Waals surface area contributed by atoms with Crippen molar-refractivity contribution in [2.24, 2.45) is 5.73 Å². The van der Waals surface area contributed by atoms with E-state index in [0.29, 0.717) is 22.7 Å². The Balaban J connectivity index is 2.63. The molecular weight excluding hydrogens is 568 g/mol. The molecule has 0 spiro atoms. The Kier molecular flexibility index (Phi) is 13.5. The van der Waals surface area contributed by atoms with Crippen molar-refractivity contribution in [2.75, 3.05) is 11.9 Å². The number of aryl methyl sites for hydroxylation is 3. The number of hydrogen-bond donors (Lipinski definition) is 3. The van der Waals surface area contributed by atoms with E-state index in [4.69, 9.17) is 22.1 Å². The van der Waals surface area contributed by atoms with Crippen molar-refractivity contribution < 1.29 is 23.9 Å². The maximum atomic E-state index is 14.4. The molecule has 2 unspecified atom stereocenters. The normalized spacial score (nSPS) is 12.7. The number of ether oxygens (including phenoxy) is 1. The summed E-state index contributed by atoms with van der Waals surface area (Å²) in [5, 5.41) is 5.96. The van der Waals surface area contributed by atoms with Crippen LogP contribution in [0.25, 0.3) is 0 Å². The van der Waals surface area contributed by atoms with Gasteiger partial charge in [0.2, 0.25) is 11.8 Å². The summed E-state index contributed by atoms with van der Waals surface area (Å²) in [5.41, 5.74) is 8.45. The molecule has 0 saturated heterocycles. The van der Waals surface area contributed by atoms with Crippen LogP contribution < -0.4 is 16.4 Å². The largest absolute Gasteiger partial charge is 0.444 e. The summed E-state index contributed by atoms with van der Waals surface area (Å²) in [6, 6.07) is 8.75. The molecule has 0 aliphatic heterocycles. The number of alkyl carbamates (subject to hydrolysis) is 1. The van der Waals surface area contributed by atoms with Crippen LogP contribution in [0.4, 0.5) is 10.5 Å². The number of benzene rings is 2. The Hall–Kier alpha value is -3.59. The number of nitrogens with two attached hydrogens (primary N) is 1. The number of carbonyl (C=O) groups excluding carboxylic acids is 4. The fraction of sp³-hybridized carbons (Fsp3) is 0.515. The van der Waals surface area contributed by atoms with Crippen LogP contribution in [-0.2, 0) is 19.1 Å². The maximum absolute atomic E-state index is 14.4. The molecule has 9 nitrogen and oxygen atoms in total. The van der Waals surface area contributed by atoms with Gasteiger partial charge in [-0.05, 0) is 82.7 Å². The van der Waals surface area contributed by atoms with Gasteiger partial charge in [-0.3, -0.25) is 14.4 Å². The van der Waals surface area contributed by atoms with Crippen molar-refractivity contribution in [3.8, 4) is 0 Å². The minimum absolute atomic E-state index is 0.0518. The fourth-order valence-corrected chi connectivity index (χ4v) is 4.93. The highest BCUT2D eigenvalue weighted by Gasteiger charge is 2.36. The second-order valence-electron chi connectivity index (χ2n) is 12.0. The molecule has 2 rings (SSSR count). The molecule has 2 atom stereocenters. The first-order valence-corrected chi connectivity index (χ1v) is 15.2. The molecule has 0 radical (unpaired) electrons. The zero-order chi connectivity index (χ0) is 32.3. The van der Waals surface area contributed by atoms with Gasteiger partial charge in [-0.1, -0.05) is 68.1 Å². The van der Waals surface area contributed by atoms with Crippen LogP contribution in [0.1, 0.15) is 94.5 Å². The van der Waals surface area contributed by atoms with Gasteiger partial charge >= 0.3 is 6.09 Å². The van der Waals surface area contributed by atoms with E-state index in [9.17, 15) is 19.2 Å². The predicted octanol–water partition coefficient (Wildman–Crippen LogP) is 6.51. The van der Waals surface area contributed by atoms with Crippen LogP contribution in [0.2, 0.25) is 5.02 Å². The third-order valence-corrected chi connectivity index (χ3v) is 7.40. The van der Waals surface area contributed by atoms with E-state index < -0.39 is 41.5 Å². The molecule has 4 amide bonds. The minimum Gasteiger partial charge on any atom is -0.444 e. The lowest BCUT2D eigenvalue weighted by atomic mass is 9.97. The molecule has 0 aliphatic rings. The van der Waals surface area contributed by atoms with Gasteiger partial charge in [0.15, 0.2) is 0 Å². The zero-order valence-electron chi connectivity index (χ0n) is 26.5. The predicted molar refractivity (Wildman–Crippen MR) is 171 cm³/mol. The molecule has 0 saturated carbocycles. The first-order chi connectivity index (χ1) is 20.1. The maximum Gasteiger partial charge on any atom is 0.408 e. The summed E-state index contributed by atoms with van der Waals surface area (Å²) in [6.45, 7) is 13.2. The summed E-state index contributed by atoms with van der Waals surface area (Å²) < 4.78 is 5.41.